The van der Waals surface area contributed by atoms with E-state index in [-0.39, 0.29) is 0 Å². The van der Waals surface area contributed by atoms with E-state index in [1.165, 1.54) is 0 Å². The second-order valence-electron chi connectivity index (χ2n) is 3.79. The van der Waals surface area contributed by atoms with Gasteiger partial charge in [0, 0.05) is 38.0 Å². The Morgan fingerprint density at radius 2 is 2.24 bits per heavy atom. The number of likely N-dealkylation sites (N-methyl/N-ethyl adjacent to an activating group) is 1. The van der Waals surface area contributed by atoms with Crippen molar-refractivity contribution in [2.75, 3.05) is 18.5 Å². The standard InChI is InChI=1S/C13H14N2O2/c1-15(13-6-5-12(10-16)17-13)9-7-11-4-2-3-8-14-11/h2-6,8,10H,7,9H2,1H3. The zero-order valence-electron chi connectivity index (χ0n) is 9.67. The lowest BCUT2D eigenvalue weighted by molar-refractivity contribution is 0.110. The molecule has 4 heteroatoms. The Hall–Kier alpha value is -2.10. The number of hydrogen-bond donors (Lipinski definition) is 0. The molecule has 0 saturated carbocycles. The molecule has 2 aromatic rings. The number of anilines is 1. The van der Waals surface area contributed by atoms with Crippen molar-refractivity contribution in [1.82, 2.24) is 4.98 Å². The molecule has 0 aliphatic rings. The van der Waals surface area contributed by atoms with Crippen molar-refractivity contribution in [2.45, 2.75) is 6.42 Å². The molecule has 0 spiro atoms. The van der Waals surface area contributed by atoms with Crippen LogP contribution in [-0.4, -0.2) is 24.9 Å². The van der Waals surface area contributed by atoms with Gasteiger partial charge in [-0.15, -0.1) is 0 Å². The largest absolute Gasteiger partial charge is 0.438 e. The zero-order chi connectivity index (χ0) is 12.1. The summed E-state index contributed by atoms with van der Waals surface area (Å²) in [6.07, 6.45) is 3.33. The average Bonchev–Trinajstić information content (AvgIpc) is 2.86. The molecule has 0 bridgehead atoms. The van der Waals surface area contributed by atoms with E-state index in [1.807, 2.05) is 30.1 Å². The summed E-state index contributed by atoms with van der Waals surface area (Å²) in [6, 6.07) is 9.32. The number of carbonyl (C=O) groups excluding carboxylic acids is 1. The van der Waals surface area contributed by atoms with E-state index in [4.69, 9.17) is 4.42 Å². The maximum Gasteiger partial charge on any atom is 0.196 e. The highest BCUT2D eigenvalue weighted by atomic mass is 16.4. The van der Waals surface area contributed by atoms with E-state index < -0.39 is 0 Å². The highest BCUT2D eigenvalue weighted by molar-refractivity contribution is 5.71. The molecule has 17 heavy (non-hydrogen) atoms. The minimum atomic E-state index is 0.352. The Bertz CT molecular complexity index is 479. The molecule has 2 rings (SSSR count). The minimum Gasteiger partial charge on any atom is -0.438 e. The van der Waals surface area contributed by atoms with Gasteiger partial charge in [-0.3, -0.25) is 9.78 Å². The summed E-state index contributed by atoms with van der Waals surface area (Å²) in [6.45, 7) is 0.794. The Morgan fingerprint density at radius 3 is 2.88 bits per heavy atom. The fourth-order valence-electron chi connectivity index (χ4n) is 1.55. The molecule has 2 aromatic heterocycles. The van der Waals surface area contributed by atoms with E-state index in [9.17, 15) is 4.79 Å². The van der Waals surface area contributed by atoms with E-state index >= 15 is 0 Å². The summed E-state index contributed by atoms with van der Waals surface area (Å²) in [5, 5.41) is 0. The molecule has 2 heterocycles. The zero-order valence-corrected chi connectivity index (χ0v) is 9.67. The molecule has 4 nitrogen and oxygen atoms in total. The van der Waals surface area contributed by atoms with Crippen LogP contribution in [0, 0.1) is 0 Å². The highest BCUT2D eigenvalue weighted by Gasteiger charge is 2.06. The molecule has 0 radical (unpaired) electrons. The van der Waals surface area contributed by atoms with Crippen molar-refractivity contribution in [1.29, 1.82) is 0 Å². The molecular formula is C13H14N2O2. The number of furan rings is 1. The van der Waals surface area contributed by atoms with Crippen molar-refractivity contribution in [2.24, 2.45) is 0 Å². The molecular weight excluding hydrogens is 216 g/mol. The third kappa shape index (κ3) is 2.93. The summed E-state index contributed by atoms with van der Waals surface area (Å²) in [7, 11) is 1.93. The van der Waals surface area contributed by atoms with Crippen molar-refractivity contribution in [3.8, 4) is 0 Å². The van der Waals surface area contributed by atoms with Gasteiger partial charge in [0.2, 0.25) is 0 Å². The fourth-order valence-corrected chi connectivity index (χ4v) is 1.55. The predicted octanol–water partition coefficient (Wildman–Crippen LogP) is 2.17. The highest BCUT2D eigenvalue weighted by Crippen LogP contribution is 2.16. The molecule has 0 aliphatic heterocycles. The third-order valence-electron chi connectivity index (χ3n) is 2.53. The molecule has 0 aromatic carbocycles. The third-order valence-corrected chi connectivity index (χ3v) is 2.53. The molecule has 0 aliphatic carbocycles. The van der Waals surface area contributed by atoms with Gasteiger partial charge < -0.3 is 9.32 Å². The van der Waals surface area contributed by atoms with E-state index in [0.29, 0.717) is 17.9 Å². The first-order chi connectivity index (χ1) is 8.29. The van der Waals surface area contributed by atoms with Crippen molar-refractivity contribution < 1.29 is 9.21 Å². The van der Waals surface area contributed by atoms with Gasteiger partial charge >= 0.3 is 0 Å². The normalized spacial score (nSPS) is 10.2. The number of hydrogen-bond acceptors (Lipinski definition) is 4. The van der Waals surface area contributed by atoms with Crippen molar-refractivity contribution >= 4 is 12.2 Å². The first kappa shape index (κ1) is 11.4. The molecule has 0 N–H and O–H groups in total. The number of nitrogens with zero attached hydrogens (tertiary/aromatic N) is 2. The molecule has 0 atom stereocenters. The monoisotopic (exact) mass is 230 g/mol. The maximum absolute atomic E-state index is 10.5. The van der Waals surface area contributed by atoms with Crippen molar-refractivity contribution in [3.05, 3.63) is 48.0 Å². The van der Waals surface area contributed by atoms with Crippen molar-refractivity contribution in [3.63, 3.8) is 0 Å². The molecule has 0 saturated heterocycles. The second kappa shape index (κ2) is 5.30. The Labute approximate surface area is 99.9 Å². The lowest BCUT2D eigenvalue weighted by Gasteiger charge is -2.15. The summed E-state index contributed by atoms with van der Waals surface area (Å²) in [5.74, 6) is 1.05. The van der Waals surface area contributed by atoms with Gasteiger partial charge in [-0.2, -0.15) is 0 Å². The van der Waals surface area contributed by atoms with Crippen LogP contribution < -0.4 is 4.90 Å². The smallest absolute Gasteiger partial charge is 0.196 e. The van der Waals surface area contributed by atoms with Gasteiger partial charge in [-0.1, -0.05) is 6.07 Å². The number of carbonyl (C=O) groups is 1. The lowest BCUT2D eigenvalue weighted by Crippen LogP contribution is -2.19. The number of aldehydes is 1. The van der Waals surface area contributed by atoms with Crippen LogP contribution >= 0.6 is 0 Å². The quantitative estimate of drug-likeness (QED) is 0.738. The number of aromatic nitrogens is 1. The van der Waals surface area contributed by atoms with Crippen LogP contribution in [0.5, 0.6) is 0 Å². The maximum atomic E-state index is 10.5. The fraction of sp³-hybridized carbons (Fsp3) is 0.231. The Morgan fingerprint density at radius 1 is 1.35 bits per heavy atom. The average molecular weight is 230 g/mol. The summed E-state index contributed by atoms with van der Waals surface area (Å²) < 4.78 is 5.32. The molecule has 0 amide bonds. The topological polar surface area (TPSA) is 46.3 Å². The first-order valence-electron chi connectivity index (χ1n) is 5.45. The van der Waals surface area contributed by atoms with E-state index in [0.717, 1.165) is 18.7 Å². The van der Waals surface area contributed by atoms with Gasteiger partial charge in [-0.25, -0.2) is 0 Å². The van der Waals surface area contributed by atoms with E-state index in [1.54, 1.807) is 18.3 Å². The first-order valence-corrected chi connectivity index (χ1v) is 5.45. The summed E-state index contributed by atoms with van der Waals surface area (Å²) in [5.41, 5.74) is 1.04. The Kier molecular flexibility index (Phi) is 3.55. The van der Waals surface area contributed by atoms with Gasteiger partial charge in [0.25, 0.3) is 0 Å². The van der Waals surface area contributed by atoms with Crippen LogP contribution in [0.25, 0.3) is 0 Å². The SMILES string of the molecule is CN(CCc1ccccn1)c1ccc(C=O)o1. The number of pyridine rings is 1. The molecule has 0 fully saturated rings. The van der Waals surface area contributed by atoms with Crippen LogP contribution in [0.3, 0.4) is 0 Å². The number of rotatable bonds is 5. The van der Waals surface area contributed by atoms with Gasteiger partial charge in [0.1, 0.15) is 0 Å². The van der Waals surface area contributed by atoms with Gasteiger partial charge in [-0.05, 0) is 18.2 Å². The predicted molar refractivity (Wildman–Crippen MR) is 65.3 cm³/mol. The van der Waals surface area contributed by atoms with E-state index in [2.05, 4.69) is 4.98 Å². The van der Waals surface area contributed by atoms with Crippen LogP contribution in [0.2, 0.25) is 0 Å². The van der Waals surface area contributed by atoms with Gasteiger partial charge in [0.05, 0.1) is 0 Å². The summed E-state index contributed by atoms with van der Waals surface area (Å²) >= 11 is 0. The minimum absolute atomic E-state index is 0.352. The second-order valence-corrected chi connectivity index (χ2v) is 3.79. The lowest BCUT2D eigenvalue weighted by atomic mass is 10.2. The van der Waals surface area contributed by atoms with Crippen LogP contribution in [-0.2, 0) is 6.42 Å². The Balaban J connectivity index is 1.93. The van der Waals surface area contributed by atoms with Crippen LogP contribution in [0.1, 0.15) is 16.2 Å². The molecule has 88 valence electrons. The van der Waals surface area contributed by atoms with Crippen LogP contribution in [0.4, 0.5) is 5.88 Å². The van der Waals surface area contributed by atoms with Crippen LogP contribution in [0.15, 0.2) is 40.9 Å². The summed E-state index contributed by atoms with van der Waals surface area (Å²) in [4.78, 5) is 16.7. The van der Waals surface area contributed by atoms with Gasteiger partial charge in [0.15, 0.2) is 17.9 Å². The molecule has 0 unspecified atom stereocenters.